The number of carbonyl (C=O) groups excluding carboxylic acids is 1. The maximum Gasteiger partial charge on any atom is 0.251 e. The number of hydrogen-bond donors (Lipinski definition) is 1. The number of aryl methyl sites for hydroxylation is 1. The Labute approximate surface area is 160 Å². The average Bonchev–Trinajstić information content (AvgIpc) is 2.89. The largest absolute Gasteiger partial charge is 0.366 e. The minimum Gasteiger partial charge on any atom is -0.366 e. The first-order valence-corrected chi connectivity index (χ1v) is 8.52. The third-order valence-electron chi connectivity index (χ3n) is 4.39. The summed E-state index contributed by atoms with van der Waals surface area (Å²) >= 11 is 6.15. The molecular formula is C20H16ClFN4O. The van der Waals surface area contributed by atoms with Gasteiger partial charge in [-0.05, 0) is 49.2 Å². The molecule has 0 aliphatic carbocycles. The normalized spacial score (nSPS) is 10.6. The van der Waals surface area contributed by atoms with Crippen LogP contribution >= 0.6 is 11.6 Å². The lowest BCUT2D eigenvalue weighted by Crippen LogP contribution is -2.14. The number of hydrogen-bond acceptors (Lipinski definition) is 3. The van der Waals surface area contributed by atoms with E-state index in [2.05, 4.69) is 5.10 Å². The van der Waals surface area contributed by atoms with Crippen LogP contribution in [0.4, 0.5) is 4.39 Å². The van der Waals surface area contributed by atoms with E-state index in [9.17, 15) is 9.18 Å². The van der Waals surface area contributed by atoms with Gasteiger partial charge in [-0.15, -0.1) is 0 Å². The Morgan fingerprint density at radius 3 is 2.67 bits per heavy atom. The molecule has 0 saturated heterocycles. The zero-order valence-corrected chi connectivity index (χ0v) is 15.5. The van der Waals surface area contributed by atoms with E-state index in [0.29, 0.717) is 22.7 Å². The molecule has 1 aromatic heterocycles. The molecule has 7 heteroatoms. The summed E-state index contributed by atoms with van der Waals surface area (Å²) in [7, 11) is 0. The van der Waals surface area contributed by atoms with Crippen LogP contribution in [-0.4, -0.2) is 15.7 Å². The lowest BCUT2D eigenvalue weighted by molar-refractivity contribution is 0.0996. The number of halogens is 2. The smallest absolute Gasteiger partial charge is 0.251 e. The molecule has 0 radical (unpaired) electrons. The van der Waals surface area contributed by atoms with Gasteiger partial charge in [0, 0.05) is 11.3 Å². The van der Waals surface area contributed by atoms with Crippen LogP contribution in [0.2, 0.25) is 5.02 Å². The number of rotatable bonds is 4. The number of carbonyl (C=O) groups is 1. The predicted octanol–water partition coefficient (Wildman–Crippen LogP) is 3.98. The van der Waals surface area contributed by atoms with Crippen molar-refractivity contribution in [3.63, 3.8) is 0 Å². The van der Waals surface area contributed by atoms with Crippen LogP contribution in [0.3, 0.4) is 0 Å². The Balaban J connectivity index is 2.00. The molecule has 0 bridgehead atoms. The lowest BCUT2D eigenvalue weighted by atomic mass is 10.0. The van der Waals surface area contributed by atoms with Gasteiger partial charge in [0.2, 0.25) is 0 Å². The highest BCUT2D eigenvalue weighted by Crippen LogP contribution is 2.30. The number of nitrogens with two attached hydrogens (primary N) is 1. The van der Waals surface area contributed by atoms with Gasteiger partial charge in [0.25, 0.3) is 5.91 Å². The molecule has 2 N–H and O–H groups in total. The van der Waals surface area contributed by atoms with Crippen molar-refractivity contribution in [1.29, 1.82) is 5.26 Å². The second-order valence-electron chi connectivity index (χ2n) is 6.19. The van der Waals surface area contributed by atoms with Crippen molar-refractivity contribution >= 4 is 17.5 Å². The van der Waals surface area contributed by atoms with Gasteiger partial charge in [0.05, 0.1) is 28.4 Å². The highest BCUT2D eigenvalue weighted by atomic mass is 35.5. The van der Waals surface area contributed by atoms with E-state index < -0.39 is 11.7 Å². The lowest BCUT2D eigenvalue weighted by Gasteiger charge is -2.08. The first-order chi connectivity index (χ1) is 12.8. The van der Waals surface area contributed by atoms with E-state index >= 15 is 0 Å². The predicted molar refractivity (Wildman–Crippen MR) is 101 cm³/mol. The van der Waals surface area contributed by atoms with E-state index in [-0.39, 0.29) is 5.56 Å². The van der Waals surface area contributed by atoms with Gasteiger partial charge in [0.1, 0.15) is 11.9 Å². The maximum atomic E-state index is 13.7. The van der Waals surface area contributed by atoms with Crippen molar-refractivity contribution in [3.05, 3.63) is 75.3 Å². The molecule has 27 heavy (non-hydrogen) atoms. The molecule has 0 fully saturated rings. The molecule has 5 nitrogen and oxygen atoms in total. The average molecular weight is 383 g/mol. The van der Waals surface area contributed by atoms with Gasteiger partial charge in [-0.3, -0.25) is 9.48 Å². The minimum absolute atomic E-state index is 0.145. The number of aromatic nitrogens is 2. The van der Waals surface area contributed by atoms with Crippen LogP contribution in [0.1, 0.15) is 32.9 Å². The second-order valence-corrected chi connectivity index (χ2v) is 6.60. The summed E-state index contributed by atoms with van der Waals surface area (Å²) in [6.07, 6.45) is 0. The zero-order valence-electron chi connectivity index (χ0n) is 14.8. The summed E-state index contributed by atoms with van der Waals surface area (Å²) in [6.45, 7) is 4.15. The maximum absolute atomic E-state index is 13.7. The zero-order chi connectivity index (χ0) is 19.7. The fourth-order valence-corrected chi connectivity index (χ4v) is 3.29. The molecule has 0 aliphatic heterocycles. The van der Waals surface area contributed by atoms with Crippen molar-refractivity contribution in [3.8, 4) is 17.2 Å². The van der Waals surface area contributed by atoms with E-state index in [0.717, 1.165) is 22.5 Å². The molecule has 0 unspecified atom stereocenters. The molecule has 1 heterocycles. The summed E-state index contributed by atoms with van der Waals surface area (Å²) in [5.74, 6) is -1.46. The highest BCUT2D eigenvalue weighted by molar-refractivity contribution is 6.32. The van der Waals surface area contributed by atoms with Crippen LogP contribution in [-0.2, 0) is 6.54 Å². The topological polar surface area (TPSA) is 84.7 Å². The Morgan fingerprint density at radius 1 is 1.30 bits per heavy atom. The van der Waals surface area contributed by atoms with Crippen LogP contribution in [0.5, 0.6) is 0 Å². The van der Waals surface area contributed by atoms with Gasteiger partial charge in [0.15, 0.2) is 0 Å². The highest BCUT2D eigenvalue weighted by Gasteiger charge is 2.16. The Kier molecular flexibility index (Phi) is 4.98. The van der Waals surface area contributed by atoms with E-state index in [1.54, 1.807) is 22.9 Å². The van der Waals surface area contributed by atoms with Crippen molar-refractivity contribution < 1.29 is 9.18 Å². The van der Waals surface area contributed by atoms with E-state index in [1.165, 1.54) is 12.1 Å². The van der Waals surface area contributed by atoms with Crippen molar-refractivity contribution in [2.24, 2.45) is 5.73 Å². The van der Waals surface area contributed by atoms with Crippen molar-refractivity contribution in [2.75, 3.05) is 0 Å². The quantitative estimate of drug-likeness (QED) is 0.740. The molecule has 0 atom stereocenters. The fraction of sp³-hybridized carbons (Fsp3) is 0.150. The van der Waals surface area contributed by atoms with Gasteiger partial charge in [-0.25, -0.2) is 4.39 Å². The fourth-order valence-electron chi connectivity index (χ4n) is 3.06. The van der Waals surface area contributed by atoms with E-state index in [4.69, 9.17) is 22.6 Å². The monoisotopic (exact) mass is 382 g/mol. The van der Waals surface area contributed by atoms with Gasteiger partial charge < -0.3 is 5.73 Å². The number of amides is 1. The Morgan fingerprint density at radius 2 is 2.04 bits per heavy atom. The summed E-state index contributed by atoms with van der Waals surface area (Å²) in [5.41, 5.74) is 9.64. The number of primary amides is 1. The van der Waals surface area contributed by atoms with Crippen molar-refractivity contribution in [1.82, 2.24) is 9.78 Å². The molecule has 3 aromatic rings. The van der Waals surface area contributed by atoms with Crippen molar-refractivity contribution in [2.45, 2.75) is 20.4 Å². The third kappa shape index (κ3) is 3.55. The molecule has 2 aromatic carbocycles. The second kappa shape index (κ2) is 7.22. The summed E-state index contributed by atoms with van der Waals surface area (Å²) in [6, 6.07) is 11.5. The molecule has 1 amide bonds. The molecule has 3 rings (SSSR count). The Hall–Kier alpha value is -3.17. The Bertz CT molecular complexity index is 1100. The molecule has 136 valence electrons. The SMILES string of the molecule is Cc1nn(Cc2ccc(F)c(C(N)=O)c2)c(C)c1-c1ccc(C#N)c(Cl)c1. The third-order valence-corrected chi connectivity index (χ3v) is 4.70. The van der Waals surface area contributed by atoms with Crippen LogP contribution in [0, 0.1) is 31.0 Å². The molecule has 0 aliphatic rings. The van der Waals surface area contributed by atoms with Crippen LogP contribution in [0.15, 0.2) is 36.4 Å². The van der Waals surface area contributed by atoms with Gasteiger partial charge in [-0.2, -0.15) is 10.4 Å². The van der Waals surface area contributed by atoms with E-state index in [1.807, 2.05) is 26.0 Å². The summed E-state index contributed by atoms with van der Waals surface area (Å²) < 4.78 is 15.4. The first kappa shape index (κ1) is 18.6. The van der Waals surface area contributed by atoms with Crippen LogP contribution in [0.25, 0.3) is 11.1 Å². The number of nitriles is 1. The molecule has 0 spiro atoms. The number of benzene rings is 2. The standard InChI is InChI=1S/C20H16ClFN4O/c1-11-19(14-4-5-15(9-23)17(21)8-14)12(2)26(25-11)10-13-3-6-18(22)16(7-13)20(24)27/h3-8H,10H2,1-2H3,(H2,24,27). The number of nitrogens with zero attached hydrogens (tertiary/aromatic N) is 3. The van der Waals surface area contributed by atoms with Gasteiger partial charge in [-0.1, -0.05) is 23.7 Å². The summed E-state index contributed by atoms with van der Waals surface area (Å²) in [5, 5.41) is 14.0. The molecule has 0 saturated carbocycles. The molecular weight excluding hydrogens is 367 g/mol. The minimum atomic E-state index is -0.810. The summed E-state index contributed by atoms with van der Waals surface area (Å²) in [4.78, 5) is 11.3. The van der Waals surface area contributed by atoms with Gasteiger partial charge >= 0.3 is 0 Å². The van der Waals surface area contributed by atoms with Crippen LogP contribution < -0.4 is 5.73 Å². The first-order valence-electron chi connectivity index (χ1n) is 8.14.